The molecule has 0 saturated carbocycles. The van der Waals surface area contributed by atoms with Gasteiger partial charge in [-0.3, -0.25) is 0 Å². The number of anilines is 1. The van der Waals surface area contributed by atoms with Crippen LogP contribution in [0.2, 0.25) is 0 Å². The van der Waals surface area contributed by atoms with Crippen LogP contribution in [0.4, 0.5) is 5.69 Å². The molecule has 1 spiro atoms. The zero-order valence-electron chi connectivity index (χ0n) is 11.0. The van der Waals surface area contributed by atoms with E-state index in [9.17, 15) is 0 Å². The minimum atomic E-state index is 0.0510. The summed E-state index contributed by atoms with van der Waals surface area (Å²) in [6, 6.07) is 8.79. The van der Waals surface area contributed by atoms with Gasteiger partial charge < -0.3 is 14.8 Å². The summed E-state index contributed by atoms with van der Waals surface area (Å²) in [6.07, 6.45) is 4.21. The van der Waals surface area contributed by atoms with E-state index in [1.165, 1.54) is 5.69 Å². The van der Waals surface area contributed by atoms with Crippen molar-refractivity contribution in [3.8, 4) is 0 Å². The molecule has 2 aliphatic rings. The van der Waals surface area contributed by atoms with Crippen LogP contribution in [0, 0.1) is 0 Å². The van der Waals surface area contributed by atoms with Gasteiger partial charge in [0.05, 0.1) is 5.60 Å². The van der Waals surface area contributed by atoms with E-state index in [4.69, 9.17) is 9.47 Å². The van der Waals surface area contributed by atoms with Gasteiger partial charge in [0.25, 0.3) is 0 Å². The summed E-state index contributed by atoms with van der Waals surface area (Å²) in [4.78, 5) is 0. The maximum atomic E-state index is 6.07. The highest BCUT2D eigenvalue weighted by Gasteiger charge is 2.39. The van der Waals surface area contributed by atoms with Crippen LogP contribution in [0.25, 0.3) is 0 Å². The van der Waals surface area contributed by atoms with Gasteiger partial charge in [0.1, 0.15) is 0 Å². The molecule has 0 amide bonds. The summed E-state index contributed by atoms with van der Waals surface area (Å²) in [5, 5.41) is 3.65. The lowest BCUT2D eigenvalue weighted by molar-refractivity contribution is -0.135. The molecule has 0 aromatic heterocycles. The molecule has 1 aromatic carbocycles. The van der Waals surface area contributed by atoms with E-state index in [1.807, 2.05) is 6.07 Å². The first kappa shape index (κ1) is 13.4. The van der Waals surface area contributed by atoms with Crippen molar-refractivity contribution >= 4 is 21.6 Å². The van der Waals surface area contributed by atoms with Crippen molar-refractivity contribution in [1.29, 1.82) is 0 Å². The predicted octanol–water partition coefficient (Wildman–Crippen LogP) is 3.59. The Kier molecular flexibility index (Phi) is 4.10. The number of halogens is 1. The van der Waals surface area contributed by atoms with Gasteiger partial charge in [-0.25, -0.2) is 0 Å². The van der Waals surface area contributed by atoms with Gasteiger partial charge in [-0.1, -0.05) is 12.1 Å². The minimum absolute atomic E-state index is 0.0510. The van der Waals surface area contributed by atoms with E-state index in [1.54, 1.807) is 0 Å². The molecule has 2 fully saturated rings. The van der Waals surface area contributed by atoms with E-state index in [-0.39, 0.29) is 5.60 Å². The monoisotopic (exact) mass is 325 g/mol. The first-order valence-electron chi connectivity index (χ1n) is 7.00. The van der Waals surface area contributed by atoms with Crippen LogP contribution < -0.4 is 5.32 Å². The second-order valence-corrected chi connectivity index (χ2v) is 6.31. The number of benzene rings is 1. The third kappa shape index (κ3) is 3.12. The average molecular weight is 326 g/mol. The average Bonchev–Trinajstić information content (AvgIpc) is 2.42. The van der Waals surface area contributed by atoms with E-state index in [0.717, 1.165) is 50.0 Å². The summed E-state index contributed by atoms with van der Waals surface area (Å²) >= 11 is 3.60. The Balaban J connectivity index is 1.67. The van der Waals surface area contributed by atoms with Gasteiger partial charge in [0.2, 0.25) is 0 Å². The molecular weight excluding hydrogens is 306 g/mol. The highest BCUT2D eigenvalue weighted by molar-refractivity contribution is 9.10. The lowest BCUT2D eigenvalue weighted by atomic mass is 9.84. The highest BCUT2D eigenvalue weighted by Crippen LogP contribution is 2.36. The molecule has 3 nitrogen and oxygen atoms in total. The minimum Gasteiger partial charge on any atom is -0.381 e. The molecule has 1 aromatic rings. The molecule has 2 heterocycles. The van der Waals surface area contributed by atoms with Crippen LogP contribution in [-0.4, -0.2) is 31.5 Å². The fourth-order valence-electron chi connectivity index (χ4n) is 3.04. The van der Waals surface area contributed by atoms with Crippen molar-refractivity contribution in [3.05, 3.63) is 28.7 Å². The van der Waals surface area contributed by atoms with Crippen molar-refractivity contribution in [2.24, 2.45) is 0 Å². The predicted molar refractivity (Wildman–Crippen MR) is 79.5 cm³/mol. The zero-order valence-corrected chi connectivity index (χ0v) is 12.6. The molecular formula is C15H20BrNO2. The number of para-hydroxylation sites is 1. The first-order chi connectivity index (χ1) is 9.27. The lowest BCUT2D eigenvalue weighted by Crippen LogP contribution is -2.47. The van der Waals surface area contributed by atoms with E-state index < -0.39 is 0 Å². The fourth-order valence-corrected chi connectivity index (χ4v) is 3.44. The Morgan fingerprint density at radius 2 is 1.95 bits per heavy atom. The van der Waals surface area contributed by atoms with Crippen LogP contribution in [0.5, 0.6) is 0 Å². The molecule has 1 unspecified atom stereocenters. The van der Waals surface area contributed by atoms with E-state index in [0.29, 0.717) is 6.04 Å². The molecule has 1 N–H and O–H groups in total. The first-order valence-corrected chi connectivity index (χ1v) is 7.80. The molecule has 0 radical (unpaired) electrons. The van der Waals surface area contributed by atoms with Gasteiger partial charge in [-0.2, -0.15) is 0 Å². The maximum Gasteiger partial charge on any atom is 0.0745 e. The van der Waals surface area contributed by atoms with Crippen LogP contribution >= 0.6 is 15.9 Å². The number of ether oxygens (including phenoxy) is 2. The Morgan fingerprint density at radius 3 is 2.74 bits per heavy atom. The van der Waals surface area contributed by atoms with Gasteiger partial charge in [0.15, 0.2) is 0 Å². The van der Waals surface area contributed by atoms with Crippen LogP contribution in [0.3, 0.4) is 0 Å². The molecule has 19 heavy (non-hydrogen) atoms. The summed E-state index contributed by atoms with van der Waals surface area (Å²) < 4.78 is 12.7. The van der Waals surface area contributed by atoms with Crippen molar-refractivity contribution in [2.75, 3.05) is 25.1 Å². The van der Waals surface area contributed by atoms with Crippen molar-refractivity contribution in [1.82, 2.24) is 0 Å². The molecule has 104 valence electrons. The Labute approximate surface area is 122 Å². The van der Waals surface area contributed by atoms with Crippen LogP contribution in [-0.2, 0) is 9.47 Å². The second kappa shape index (κ2) is 5.81. The Bertz CT molecular complexity index is 426. The van der Waals surface area contributed by atoms with Gasteiger partial charge in [0, 0.05) is 36.0 Å². The summed E-state index contributed by atoms with van der Waals surface area (Å²) in [5.41, 5.74) is 1.23. The molecule has 2 aliphatic heterocycles. The largest absolute Gasteiger partial charge is 0.381 e. The lowest BCUT2D eigenvalue weighted by Gasteiger charge is -2.43. The van der Waals surface area contributed by atoms with Crippen LogP contribution in [0.1, 0.15) is 25.7 Å². The smallest absolute Gasteiger partial charge is 0.0745 e. The van der Waals surface area contributed by atoms with E-state index >= 15 is 0 Å². The van der Waals surface area contributed by atoms with Gasteiger partial charge in [-0.05, 0) is 53.7 Å². The summed E-state index contributed by atoms with van der Waals surface area (Å²) in [7, 11) is 0. The Morgan fingerprint density at radius 1 is 1.16 bits per heavy atom. The fraction of sp³-hybridized carbons (Fsp3) is 0.600. The highest BCUT2D eigenvalue weighted by atomic mass is 79.9. The third-order valence-electron chi connectivity index (χ3n) is 4.13. The summed E-state index contributed by atoms with van der Waals surface area (Å²) in [5.74, 6) is 0. The zero-order chi connectivity index (χ0) is 13.1. The van der Waals surface area contributed by atoms with Gasteiger partial charge in [-0.15, -0.1) is 0 Å². The topological polar surface area (TPSA) is 30.5 Å². The number of hydrogen-bond donors (Lipinski definition) is 1. The molecule has 0 bridgehead atoms. The maximum absolute atomic E-state index is 6.07. The number of hydrogen-bond acceptors (Lipinski definition) is 3. The quantitative estimate of drug-likeness (QED) is 0.901. The molecule has 2 saturated heterocycles. The Hall–Kier alpha value is -0.580. The van der Waals surface area contributed by atoms with Crippen molar-refractivity contribution in [3.63, 3.8) is 0 Å². The molecule has 4 heteroatoms. The van der Waals surface area contributed by atoms with Gasteiger partial charge >= 0.3 is 0 Å². The van der Waals surface area contributed by atoms with Crippen LogP contribution in [0.15, 0.2) is 28.7 Å². The normalized spacial score (nSPS) is 26.3. The SMILES string of the molecule is Brc1ccccc1NC1CCOC2(CCOCC2)C1. The third-order valence-corrected chi connectivity index (χ3v) is 4.82. The number of nitrogens with one attached hydrogen (secondary N) is 1. The molecule has 3 rings (SSSR count). The standard InChI is InChI=1S/C15H20BrNO2/c16-13-3-1-2-4-14(13)17-12-5-8-19-15(11-12)6-9-18-10-7-15/h1-4,12,17H,5-11H2. The second-order valence-electron chi connectivity index (χ2n) is 5.46. The van der Waals surface area contributed by atoms with Crippen molar-refractivity contribution in [2.45, 2.75) is 37.3 Å². The molecule has 0 aliphatic carbocycles. The number of rotatable bonds is 2. The van der Waals surface area contributed by atoms with Crippen molar-refractivity contribution < 1.29 is 9.47 Å². The molecule has 1 atom stereocenters. The van der Waals surface area contributed by atoms with E-state index in [2.05, 4.69) is 39.4 Å². The summed E-state index contributed by atoms with van der Waals surface area (Å²) in [6.45, 7) is 2.52.